The Kier molecular flexibility index (Phi) is 2.88. The summed E-state index contributed by atoms with van der Waals surface area (Å²) in [6, 6.07) is 5.07. The van der Waals surface area contributed by atoms with Crippen LogP contribution in [0.4, 0.5) is 4.39 Å². The van der Waals surface area contributed by atoms with E-state index in [1.54, 1.807) is 13.2 Å². The number of hydrogen-bond acceptors (Lipinski definition) is 2. The molecule has 3 heteroatoms. The molecule has 0 radical (unpaired) electrons. The number of oxime groups is 1. The molecule has 1 fully saturated rings. The summed E-state index contributed by atoms with van der Waals surface area (Å²) in [6.07, 6.45) is 3.50. The number of hydrogen-bond donors (Lipinski definition) is 0. The van der Waals surface area contributed by atoms with Crippen molar-refractivity contribution in [2.75, 3.05) is 7.11 Å². The number of nitrogens with zero attached hydrogens (tertiary/aromatic N) is 1. The third kappa shape index (κ3) is 1.87. The van der Waals surface area contributed by atoms with Crippen LogP contribution in [-0.4, -0.2) is 12.8 Å². The fourth-order valence-electron chi connectivity index (χ4n) is 4.02. The summed E-state index contributed by atoms with van der Waals surface area (Å²) in [5.41, 5.74) is 3.39. The summed E-state index contributed by atoms with van der Waals surface area (Å²) in [5, 5.41) is 4.24. The molecular formula is C16H20FNO. The Morgan fingerprint density at radius 2 is 2.16 bits per heavy atom. The van der Waals surface area contributed by atoms with E-state index in [1.165, 1.54) is 18.9 Å². The number of halogens is 1. The predicted octanol–water partition coefficient (Wildman–Crippen LogP) is 4.10. The second-order valence-electron chi connectivity index (χ2n) is 6.36. The molecular weight excluding hydrogens is 241 g/mol. The van der Waals surface area contributed by atoms with Gasteiger partial charge in [-0.25, -0.2) is 4.39 Å². The van der Waals surface area contributed by atoms with Crippen LogP contribution in [0, 0.1) is 17.2 Å². The van der Waals surface area contributed by atoms with Crippen molar-refractivity contribution in [3.8, 4) is 0 Å². The summed E-state index contributed by atoms with van der Waals surface area (Å²) in [7, 11) is 1.58. The first-order valence-electron chi connectivity index (χ1n) is 6.95. The van der Waals surface area contributed by atoms with Crippen molar-refractivity contribution in [2.45, 2.75) is 39.0 Å². The van der Waals surface area contributed by atoms with E-state index in [0.29, 0.717) is 11.8 Å². The third-order valence-electron chi connectivity index (χ3n) is 4.75. The molecule has 2 atom stereocenters. The summed E-state index contributed by atoms with van der Waals surface area (Å²) < 4.78 is 13.6. The van der Waals surface area contributed by atoms with Crippen LogP contribution in [0.3, 0.4) is 0 Å². The van der Waals surface area contributed by atoms with E-state index >= 15 is 0 Å². The van der Waals surface area contributed by atoms with Crippen LogP contribution in [-0.2, 0) is 4.84 Å². The maximum atomic E-state index is 13.6. The lowest BCUT2D eigenvalue weighted by Gasteiger charge is -2.40. The number of fused-ring (bicyclic) bond motifs is 3. The molecule has 0 aliphatic heterocycles. The Bertz CT molecular complexity index is 536. The normalized spacial score (nSPS) is 30.0. The molecule has 0 unspecified atom stereocenters. The zero-order valence-corrected chi connectivity index (χ0v) is 11.7. The molecule has 1 aromatic carbocycles. The minimum atomic E-state index is -0.155. The maximum Gasteiger partial charge on any atom is 0.123 e. The van der Waals surface area contributed by atoms with Crippen LogP contribution < -0.4 is 0 Å². The highest BCUT2D eigenvalue weighted by molar-refractivity contribution is 6.07. The van der Waals surface area contributed by atoms with Crippen LogP contribution in [0.5, 0.6) is 0 Å². The molecule has 102 valence electrons. The fourth-order valence-corrected chi connectivity index (χ4v) is 4.02. The second kappa shape index (κ2) is 4.32. The summed E-state index contributed by atoms with van der Waals surface area (Å²) >= 11 is 0. The first kappa shape index (κ1) is 12.6. The number of rotatable bonds is 1. The molecule has 0 aromatic heterocycles. The van der Waals surface area contributed by atoms with E-state index in [4.69, 9.17) is 4.84 Å². The molecule has 0 amide bonds. The van der Waals surface area contributed by atoms with E-state index < -0.39 is 0 Å². The van der Waals surface area contributed by atoms with Crippen molar-refractivity contribution in [1.29, 1.82) is 0 Å². The van der Waals surface area contributed by atoms with Crippen molar-refractivity contribution >= 4 is 5.71 Å². The molecule has 3 rings (SSSR count). The fraction of sp³-hybridized carbons (Fsp3) is 0.562. The largest absolute Gasteiger partial charge is 0.399 e. The van der Waals surface area contributed by atoms with Gasteiger partial charge in [-0.3, -0.25) is 0 Å². The SMILES string of the molecule is CON=C1c2ccc(F)cc2[C@H]2[C@@H]1CCCC2(C)C. The molecule has 2 aliphatic carbocycles. The highest BCUT2D eigenvalue weighted by Crippen LogP contribution is 2.55. The maximum absolute atomic E-state index is 13.6. The number of benzene rings is 1. The van der Waals surface area contributed by atoms with Crippen LogP contribution in [0.25, 0.3) is 0 Å². The van der Waals surface area contributed by atoms with Gasteiger partial charge in [0.25, 0.3) is 0 Å². The molecule has 1 aromatic rings. The van der Waals surface area contributed by atoms with Gasteiger partial charge in [-0.1, -0.05) is 25.4 Å². The van der Waals surface area contributed by atoms with Gasteiger partial charge in [0.05, 0.1) is 5.71 Å². The van der Waals surface area contributed by atoms with Gasteiger partial charge in [0.2, 0.25) is 0 Å². The second-order valence-corrected chi connectivity index (χ2v) is 6.36. The molecule has 19 heavy (non-hydrogen) atoms. The first-order valence-corrected chi connectivity index (χ1v) is 6.95. The lowest BCUT2D eigenvalue weighted by Crippen LogP contribution is -2.32. The van der Waals surface area contributed by atoms with Crippen LogP contribution in [0.1, 0.15) is 50.2 Å². The highest BCUT2D eigenvalue weighted by atomic mass is 19.1. The minimum Gasteiger partial charge on any atom is -0.399 e. The summed E-state index contributed by atoms with van der Waals surface area (Å²) in [6.45, 7) is 4.57. The van der Waals surface area contributed by atoms with Gasteiger partial charge in [-0.2, -0.15) is 0 Å². The Balaban J connectivity index is 2.18. The van der Waals surface area contributed by atoms with Crippen molar-refractivity contribution in [3.63, 3.8) is 0 Å². The van der Waals surface area contributed by atoms with Gasteiger partial charge >= 0.3 is 0 Å². The Labute approximate surface area is 113 Å². The quantitative estimate of drug-likeness (QED) is 0.697. The molecule has 2 aliphatic rings. The van der Waals surface area contributed by atoms with Gasteiger partial charge in [0, 0.05) is 11.5 Å². The highest BCUT2D eigenvalue weighted by Gasteiger charge is 2.48. The molecule has 2 nitrogen and oxygen atoms in total. The van der Waals surface area contributed by atoms with Crippen LogP contribution in [0.2, 0.25) is 0 Å². The minimum absolute atomic E-state index is 0.155. The van der Waals surface area contributed by atoms with E-state index in [-0.39, 0.29) is 11.2 Å². The van der Waals surface area contributed by atoms with Gasteiger partial charge < -0.3 is 4.84 Å². The predicted molar refractivity (Wildman–Crippen MR) is 73.8 cm³/mol. The Morgan fingerprint density at radius 1 is 1.37 bits per heavy atom. The van der Waals surface area contributed by atoms with Crippen molar-refractivity contribution in [2.24, 2.45) is 16.5 Å². The van der Waals surface area contributed by atoms with Gasteiger partial charge in [0.1, 0.15) is 12.9 Å². The van der Waals surface area contributed by atoms with Crippen LogP contribution in [0.15, 0.2) is 23.4 Å². The monoisotopic (exact) mass is 261 g/mol. The molecule has 0 spiro atoms. The summed E-state index contributed by atoms with van der Waals surface area (Å²) in [4.78, 5) is 5.02. The first-order chi connectivity index (χ1) is 9.04. The van der Waals surface area contributed by atoms with Crippen LogP contribution >= 0.6 is 0 Å². The lowest BCUT2D eigenvalue weighted by molar-refractivity contribution is 0.168. The van der Waals surface area contributed by atoms with Gasteiger partial charge in [-0.05, 0) is 47.9 Å². The third-order valence-corrected chi connectivity index (χ3v) is 4.75. The topological polar surface area (TPSA) is 21.6 Å². The zero-order chi connectivity index (χ0) is 13.6. The molecule has 0 heterocycles. The van der Waals surface area contributed by atoms with Gasteiger partial charge in [0.15, 0.2) is 0 Å². The summed E-state index contributed by atoms with van der Waals surface area (Å²) in [5.74, 6) is 0.582. The van der Waals surface area contributed by atoms with E-state index in [9.17, 15) is 4.39 Å². The van der Waals surface area contributed by atoms with E-state index in [1.807, 2.05) is 6.07 Å². The smallest absolute Gasteiger partial charge is 0.123 e. The van der Waals surface area contributed by atoms with Gasteiger partial charge in [-0.15, -0.1) is 0 Å². The van der Waals surface area contributed by atoms with E-state index in [0.717, 1.165) is 23.3 Å². The molecule has 1 saturated carbocycles. The van der Waals surface area contributed by atoms with Crippen molar-refractivity contribution in [1.82, 2.24) is 0 Å². The standard InChI is InChI=1S/C16H20FNO/c1-16(2)8-4-5-12-14(16)13-9-10(17)6-7-11(13)15(12)18-19-3/h6-7,9,12,14H,4-5,8H2,1-3H3/t12-,14+/m0/s1. The lowest BCUT2D eigenvalue weighted by atomic mass is 9.63. The Morgan fingerprint density at radius 3 is 2.89 bits per heavy atom. The molecule has 0 bridgehead atoms. The molecule has 0 N–H and O–H groups in total. The molecule has 0 saturated heterocycles. The zero-order valence-electron chi connectivity index (χ0n) is 11.7. The van der Waals surface area contributed by atoms with Crippen molar-refractivity contribution < 1.29 is 9.23 Å². The van der Waals surface area contributed by atoms with E-state index in [2.05, 4.69) is 19.0 Å². The average Bonchev–Trinajstić information content (AvgIpc) is 2.65. The average molecular weight is 261 g/mol. The Hall–Kier alpha value is -1.38. The van der Waals surface area contributed by atoms with Crippen molar-refractivity contribution in [3.05, 3.63) is 35.1 Å².